The molecular weight excluding hydrogens is 204 g/mol. The third kappa shape index (κ3) is 1.77. The number of hydrogen-bond acceptors (Lipinski definition) is 4. The Balaban J connectivity index is 1.77. The van der Waals surface area contributed by atoms with Gasteiger partial charge in [-0.2, -0.15) is 5.01 Å². The van der Waals surface area contributed by atoms with Gasteiger partial charge in [-0.15, -0.1) is 5.17 Å². The van der Waals surface area contributed by atoms with Crippen LogP contribution in [0.1, 0.15) is 5.56 Å². The zero-order chi connectivity index (χ0) is 10.8. The molecule has 1 aromatic rings. The van der Waals surface area contributed by atoms with Crippen molar-refractivity contribution in [2.45, 2.75) is 0 Å². The predicted octanol–water partition coefficient (Wildman–Crippen LogP) is 1.51. The molecule has 2 aliphatic rings. The topological polar surface area (TPSA) is 24.9 Å². The molecule has 16 heavy (non-hydrogen) atoms. The smallest absolute Gasteiger partial charge is 0.164 e. The highest BCUT2D eigenvalue weighted by atomic mass is 16.7. The molecule has 2 aliphatic heterocycles. The number of fused-ring (bicyclic) bond motifs is 1. The summed E-state index contributed by atoms with van der Waals surface area (Å²) in [6.07, 6.45) is 4.02. The zero-order valence-corrected chi connectivity index (χ0v) is 9.00. The highest BCUT2D eigenvalue weighted by Gasteiger charge is 2.20. The van der Waals surface area contributed by atoms with Crippen LogP contribution in [0.2, 0.25) is 0 Å². The molecule has 4 nitrogen and oxygen atoms in total. The van der Waals surface area contributed by atoms with E-state index < -0.39 is 0 Å². The second kappa shape index (κ2) is 4.15. The van der Waals surface area contributed by atoms with Gasteiger partial charge in [0.25, 0.3) is 0 Å². The van der Waals surface area contributed by atoms with E-state index in [4.69, 9.17) is 9.57 Å². The summed E-state index contributed by atoms with van der Waals surface area (Å²) < 4.78 is 5.31. The van der Waals surface area contributed by atoms with Gasteiger partial charge in [0, 0.05) is 18.7 Å². The fraction of sp³-hybridized carbons (Fsp3) is 0.333. The molecule has 1 aromatic carbocycles. The third-order valence-electron chi connectivity index (χ3n) is 2.76. The Morgan fingerprint density at radius 3 is 2.75 bits per heavy atom. The lowest BCUT2D eigenvalue weighted by Crippen LogP contribution is -2.48. The van der Waals surface area contributed by atoms with Crippen LogP contribution in [-0.4, -0.2) is 36.5 Å². The first-order chi connectivity index (χ1) is 7.93. The minimum atomic E-state index is 0.759. The molecule has 1 saturated heterocycles. The minimum Gasteiger partial charge on any atom is -0.379 e. The van der Waals surface area contributed by atoms with Gasteiger partial charge in [-0.05, 0) is 12.1 Å². The summed E-state index contributed by atoms with van der Waals surface area (Å²) in [5.74, 6) is 0.900. The zero-order valence-electron chi connectivity index (χ0n) is 9.00. The molecule has 0 bridgehead atoms. The maximum absolute atomic E-state index is 5.79. The summed E-state index contributed by atoms with van der Waals surface area (Å²) in [4.78, 5) is 5.79. The first kappa shape index (κ1) is 9.69. The molecule has 0 unspecified atom stereocenters. The fourth-order valence-corrected chi connectivity index (χ4v) is 1.88. The van der Waals surface area contributed by atoms with Gasteiger partial charge >= 0.3 is 0 Å². The van der Waals surface area contributed by atoms with Gasteiger partial charge in [0.05, 0.1) is 19.4 Å². The normalized spacial score (nSPS) is 20.4. The maximum Gasteiger partial charge on any atom is 0.164 e. The van der Waals surface area contributed by atoms with E-state index in [2.05, 4.69) is 11.1 Å². The molecule has 0 atom stereocenters. The van der Waals surface area contributed by atoms with Crippen LogP contribution >= 0.6 is 0 Å². The van der Waals surface area contributed by atoms with Crippen LogP contribution in [0, 0.1) is 0 Å². The van der Waals surface area contributed by atoms with Crippen LogP contribution in [0.4, 0.5) is 0 Å². The number of morpholine rings is 1. The minimum absolute atomic E-state index is 0.759. The Bertz CT molecular complexity index is 400. The predicted molar refractivity (Wildman–Crippen MR) is 60.3 cm³/mol. The van der Waals surface area contributed by atoms with Crippen molar-refractivity contribution in [3.63, 3.8) is 0 Å². The van der Waals surface area contributed by atoms with E-state index in [9.17, 15) is 0 Å². The molecule has 2 heterocycles. The van der Waals surface area contributed by atoms with E-state index in [1.807, 2.05) is 30.5 Å². The summed E-state index contributed by atoms with van der Waals surface area (Å²) in [6.45, 7) is 3.25. The average molecular weight is 218 g/mol. The number of hydrogen-bond donors (Lipinski definition) is 0. The molecule has 0 aliphatic carbocycles. The molecule has 84 valence electrons. The number of rotatable bonds is 1. The second-order valence-corrected chi connectivity index (χ2v) is 3.81. The molecule has 1 fully saturated rings. The van der Waals surface area contributed by atoms with Crippen molar-refractivity contribution in [3.05, 3.63) is 36.0 Å². The van der Waals surface area contributed by atoms with E-state index in [0.717, 1.165) is 37.6 Å². The lowest BCUT2D eigenvalue weighted by molar-refractivity contribution is -0.205. The molecular formula is C12H14N2O2. The highest BCUT2D eigenvalue weighted by Crippen LogP contribution is 2.25. The Kier molecular flexibility index (Phi) is 2.52. The fourth-order valence-electron chi connectivity index (χ4n) is 1.88. The van der Waals surface area contributed by atoms with Crippen LogP contribution in [0.3, 0.4) is 0 Å². The Morgan fingerprint density at radius 2 is 1.88 bits per heavy atom. The van der Waals surface area contributed by atoms with Crippen molar-refractivity contribution in [2.24, 2.45) is 0 Å². The summed E-state index contributed by atoms with van der Waals surface area (Å²) in [6, 6.07) is 8.02. The van der Waals surface area contributed by atoms with Gasteiger partial charge in [0.15, 0.2) is 5.75 Å². The number of hydrazine groups is 1. The largest absolute Gasteiger partial charge is 0.379 e. The van der Waals surface area contributed by atoms with Crippen molar-refractivity contribution in [1.29, 1.82) is 0 Å². The summed E-state index contributed by atoms with van der Waals surface area (Å²) in [7, 11) is 0. The third-order valence-corrected chi connectivity index (χ3v) is 2.76. The van der Waals surface area contributed by atoms with Crippen molar-refractivity contribution in [1.82, 2.24) is 10.2 Å². The second-order valence-electron chi connectivity index (χ2n) is 3.81. The van der Waals surface area contributed by atoms with Crippen molar-refractivity contribution < 1.29 is 9.57 Å². The first-order valence-electron chi connectivity index (χ1n) is 5.50. The molecule has 0 amide bonds. The van der Waals surface area contributed by atoms with Crippen LogP contribution in [0.5, 0.6) is 5.75 Å². The number of benzene rings is 1. The number of para-hydroxylation sites is 1. The van der Waals surface area contributed by atoms with E-state index in [1.54, 1.807) is 5.17 Å². The molecule has 4 heteroatoms. The van der Waals surface area contributed by atoms with Crippen LogP contribution in [0.25, 0.3) is 6.08 Å². The molecule has 0 aromatic heterocycles. The van der Waals surface area contributed by atoms with Gasteiger partial charge in [-0.25, -0.2) is 0 Å². The van der Waals surface area contributed by atoms with Gasteiger partial charge in [0.2, 0.25) is 0 Å². The molecule has 0 radical (unpaired) electrons. The van der Waals surface area contributed by atoms with Gasteiger partial charge in [-0.1, -0.05) is 18.2 Å². The monoisotopic (exact) mass is 218 g/mol. The Labute approximate surface area is 94.6 Å². The first-order valence-corrected chi connectivity index (χ1v) is 5.50. The van der Waals surface area contributed by atoms with Gasteiger partial charge in [0.1, 0.15) is 0 Å². The lowest BCUT2D eigenvalue weighted by Gasteiger charge is -2.36. The summed E-state index contributed by atoms with van der Waals surface area (Å²) in [5, 5.41) is 3.93. The molecule has 0 spiro atoms. The molecule has 0 N–H and O–H groups in total. The molecule has 0 saturated carbocycles. The Hall–Kier alpha value is -1.52. The standard InChI is InChI=1S/C12H14N2O2/c1-2-4-12-11(3-1)5-6-14(16-12)13-7-9-15-10-8-13/h1-6H,7-10H2. The maximum atomic E-state index is 5.79. The van der Waals surface area contributed by atoms with E-state index in [0.29, 0.717) is 0 Å². The number of ether oxygens (including phenoxy) is 1. The van der Waals surface area contributed by atoms with Crippen LogP contribution < -0.4 is 4.84 Å². The lowest BCUT2D eigenvalue weighted by atomic mass is 10.2. The highest BCUT2D eigenvalue weighted by molar-refractivity contribution is 5.58. The average Bonchev–Trinajstić information content (AvgIpc) is 2.39. The van der Waals surface area contributed by atoms with Crippen LogP contribution in [-0.2, 0) is 4.74 Å². The van der Waals surface area contributed by atoms with Crippen molar-refractivity contribution >= 4 is 6.08 Å². The quantitative estimate of drug-likeness (QED) is 0.713. The number of hydroxylamine groups is 1. The van der Waals surface area contributed by atoms with E-state index in [1.165, 1.54) is 0 Å². The van der Waals surface area contributed by atoms with Gasteiger partial charge in [-0.3, -0.25) is 0 Å². The SMILES string of the molecule is C1=CN(N2CCOCC2)Oc2ccccc21. The van der Waals surface area contributed by atoms with Crippen LogP contribution in [0.15, 0.2) is 30.5 Å². The van der Waals surface area contributed by atoms with Gasteiger partial charge < -0.3 is 9.57 Å². The van der Waals surface area contributed by atoms with Crippen molar-refractivity contribution in [2.75, 3.05) is 26.3 Å². The van der Waals surface area contributed by atoms with E-state index >= 15 is 0 Å². The number of nitrogens with zero attached hydrogens (tertiary/aromatic N) is 2. The Morgan fingerprint density at radius 1 is 1.06 bits per heavy atom. The van der Waals surface area contributed by atoms with E-state index in [-0.39, 0.29) is 0 Å². The molecule has 3 rings (SSSR count). The summed E-state index contributed by atoms with van der Waals surface area (Å²) >= 11 is 0. The van der Waals surface area contributed by atoms with Crippen molar-refractivity contribution in [3.8, 4) is 5.75 Å². The summed E-state index contributed by atoms with van der Waals surface area (Å²) in [5.41, 5.74) is 1.12.